The Balaban J connectivity index is 2.75. The van der Waals surface area contributed by atoms with E-state index in [9.17, 15) is 4.39 Å². The molecule has 0 saturated heterocycles. The highest BCUT2D eigenvalue weighted by Crippen LogP contribution is 2.05. The van der Waals surface area contributed by atoms with Crippen molar-refractivity contribution < 1.29 is 4.39 Å². The first-order valence-corrected chi connectivity index (χ1v) is 3.57. The molecular weight excluding hydrogens is 127 g/mol. The monoisotopic (exact) mass is 138 g/mol. The molecule has 1 aromatic carbocycles. The first-order chi connectivity index (χ1) is 4.83. The van der Waals surface area contributed by atoms with E-state index in [1.54, 1.807) is 12.1 Å². The Morgan fingerprint density at radius 3 is 2.80 bits per heavy atom. The standard InChI is InChI=1S/C9H11F/c1-2-4-8-5-3-6-9(10)7-8/h3,5-7H,2,4H2,1H3. The summed E-state index contributed by atoms with van der Waals surface area (Å²) in [6.45, 7) is 2.09. The van der Waals surface area contributed by atoms with Crippen molar-refractivity contribution in [3.8, 4) is 0 Å². The topological polar surface area (TPSA) is 0 Å². The van der Waals surface area contributed by atoms with E-state index in [4.69, 9.17) is 0 Å². The van der Waals surface area contributed by atoms with Gasteiger partial charge >= 0.3 is 0 Å². The molecule has 0 spiro atoms. The predicted molar refractivity (Wildman–Crippen MR) is 40.4 cm³/mol. The van der Waals surface area contributed by atoms with Gasteiger partial charge in [-0.1, -0.05) is 25.5 Å². The maximum absolute atomic E-state index is 12.5. The van der Waals surface area contributed by atoms with Crippen molar-refractivity contribution in [2.24, 2.45) is 0 Å². The molecule has 0 N–H and O–H groups in total. The highest BCUT2D eigenvalue weighted by Gasteiger charge is 1.91. The zero-order chi connectivity index (χ0) is 7.40. The van der Waals surface area contributed by atoms with Crippen LogP contribution in [0, 0.1) is 5.82 Å². The van der Waals surface area contributed by atoms with Crippen LogP contribution in [0.5, 0.6) is 0 Å². The normalized spacial score (nSPS) is 9.80. The molecular formula is C9H11F. The molecule has 0 amide bonds. The van der Waals surface area contributed by atoms with Crippen LogP contribution in [0.3, 0.4) is 0 Å². The zero-order valence-electron chi connectivity index (χ0n) is 6.10. The molecule has 54 valence electrons. The summed E-state index contributed by atoms with van der Waals surface area (Å²) in [4.78, 5) is 0. The van der Waals surface area contributed by atoms with Gasteiger partial charge in [0.25, 0.3) is 0 Å². The number of aryl methyl sites for hydroxylation is 1. The van der Waals surface area contributed by atoms with Crippen LogP contribution in [0.15, 0.2) is 24.3 Å². The van der Waals surface area contributed by atoms with Crippen LogP contribution in [0.1, 0.15) is 18.9 Å². The van der Waals surface area contributed by atoms with E-state index >= 15 is 0 Å². The summed E-state index contributed by atoms with van der Waals surface area (Å²) in [5.74, 6) is -0.133. The lowest BCUT2D eigenvalue weighted by molar-refractivity contribution is 0.625. The molecule has 0 bridgehead atoms. The van der Waals surface area contributed by atoms with Crippen LogP contribution in [0.2, 0.25) is 0 Å². The lowest BCUT2D eigenvalue weighted by atomic mass is 10.1. The molecule has 10 heavy (non-hydrogen) atoms. The van der Waals surface area contributed by atoms with Gasteiger partial charge in [0.1, 0.15) is 5.82 Å². The van der Waals surface area contributed by atoms with Gasteiger partial charge in [0, 0.05) is 0 Å². The van der Waals surface area contributed by atoms with Gasteiger partial charge in [0.2, 0.25) is 0 Å². The minimum absolute atomic E-state index is 0.133. The predicted octanol–water partition coefficient (Wildman–Crippen LogP) is 2.78. The van der Waals surface area contributed by atoms with Crippen molar-refractivity contribution >= 4 is 0 Å². The van der Waals surface area contributed by atoms with Gasteiger partial charge in [-0.15, -0.1) is 0 Å². The van der Waals surface area contributed by atoms with Crippen molar-refractivity contribution in [1.29, 1.82) is 0 Å². The fourth-order valence-electron chi connectivity index (χ4n) is 0.981. The summed E-state index contributed by atoms with van der Waals surface area (Å²) in [6, 6.07) is 6.76. The van der Waals surface area contributed by atoms with E-state index in [-0.39, 0.29) is 5.82 Å². The molecule has 0 aliphatic carbocycles. The van der Waals surface area contributed by atoms with Gasteiger partial charge in [-0.25, -0.2) is 4.39 Å². The van der Waals surface area contributed by atoms with Crippen LogP contribution in [0.25, 0.3) is 0 Å². The summed E-state index contributed by atoms with van der Waals surface area (Å²) in [6.07, 6.45) is 2.04. The van der Waals surface area contributed by atoms with Gasteiger partial charge < -0.3 is 0 Å². The number of benzene rings is 1. The average Bonchev–Trinajstić information content (AvgIpc) is 1.88. The second kappa shape index (κ2) is 3.35. The Hall–Kier alpha value is -0.850. The van der Waals surface area contributed by atoms with Crippen LogP contribution >= 0.6 is 0 Å². The summed E-state index contributed by atoms with van der Waals surface area (Å²) in [5.41, 5.74) is 1.09. The number of hydrogen-bond donors (Lipinski definition) is 0. The maximum Gasteiger partial charge on any atom is 0.123 e. The molecule has 0 atom stereocenters. The molecule has 0 saturated carbocycles. The summed E-state index contributed by atoms with van der Waals surface area (Å²) < 4.78 is 12.5. The van der Waals surface area contributed by atoms with Crippen molar-refractivity contribution in [3.05, 3.63) is 35.6 Å². The number of hydrogen-bond acceptors (Lipinski definition) is 0. The van der Waals surface area contributed by atoms with Crippen LogP contribution < -0.4 is 0 Å². The van der Waals surface area contributed by atoms with Crippen molar-refractivity contribution in [2.75, 3.05) is 0 Å². The highest BCUT2D eigenvalue weighted by molar-refractivity contribution is 5.16. The van der Waals surface area contributed by atoms with Crippen molar-refractivity contribution in [1.82, 2.24) is 0 Å². The second-order valence-corrected chi connectivity index (χ2v) is 2.38. The third kappa shape index (κ3) is 1.83. The maximum atomic E-state index is 12.5. The molecule has 0 fully saturated rings. The lowest BCUT2D eigenvalue weighted by Crippen LogP contribution is -1.82. The molecule has 0 nitrogen and oxygen atoms in total. The molecule has 0 aliphatic rings. The Kier molecular flexibility index (Phi) is 2.43. The van der Waals surface area contributed by atoms with Crippen molar-refractivity contribution in [3.63, 3.8) is 0 Å². The van der Waals surface area contributed by atoms with E-state index in [0.717, 1.165) is 18.4 Å². The molecule has 0 heterocycles. The van der Waals surface area contributed by atoms with Gasteiger partial charge in [0.15, 0.2) is 0 Å². The molecule has 0 radical (unpaired) electrons. The zero-order valence-corrected chi connectivity index (χ0v) is 6.10. The van der Waals surface area contributed by atoms with Crippen LogP contribution in [-0.2, 0) is 6.42 Å². The van der Waals surface area contributed by atoms with Crippen LogP contribution in [-0.4, -0.2) is 0 Å². The molecule has 1 heteroatoms. The molecule has 0 unspecified atom stereocenters. The van der Waals surface area contributed by atoms with Crippen LogP contribution in [0.4, 0.5) is 4.39 Å². The van der Waals surface area contributed by atoms with E-state index in [0.29, 0.717) is 0 Å². The first kappa shape index (κ1) is 7.26. The number of halogens is 1. The molecule has 1 aromatic rings. The third-order valence-corrected chi connectivity index (χ3v) is 1.43. The molecule has 0 aromatic heterocycles. The van der Waals surface area contributed by atoms with Gasteiger partial charge in [-0.2, -0.15) is 0 Å². The minimum atomic E-state index is -0.133. The van der Waals surface area contributed by atoms with Gasteiger partial charge in [-0.3, -0.25) is 0 Å². The second-order valence-electron chi connectivity index (χ2n) is 2.38. The fourth-order valence-corrected chi connectivity index (χ4v) is 0.981. The first-order valence-electron chi connectivity index (χ1n) is 3.57. The average molecular weight is 138 g/mol. The van der Waals surface area contributed by atoms with E-state index < -0.39 is 0 Å². The van der Waals surface area contributed by atoms with Gasteiger partial charge in [0.05, 0.1) is 0 Å². The highest BCUT2D eigenvalue weighted by atomic mass is 19.1. The Morgan fingerprint density at radius 2 is 2.20 bits per heavy atom. The molecule has 1 rings (SSSR count). The number of rotatable bonds is 2. The fraction of sp³-hybridized carbons (Fsp3) is 0.333. The Bertz CT molecular complexity index is 206. The van der Waals surface area contributed by atoms with E-state index in [1.807, 2.05) is 6.07 Å². The Labute approximate surface area is 60.7 Å². The summed E-state index contributed by atoms with van der Waals surface area (Å²) in [7, 11) is 0. The van der Waals surface area contributed by atoms with E-state index in [1.165, 1.54) is 6.07 Å². The lowest BCUT2D eigenvalue weighted by Gasteiger charge is -1.95. The van der Waals surface area contributed by atoms with Crippen molar-refractivity contribution in [2.45, 2.75) is 19.8 Å². The van der Waals surface area contributed by atoms with E-state index in [2.05, 4.69) is 6.92 Å². The van der Waals surface area contributed by atoms with Gasteiger partial charge in [-0.05, 0) is 24.1 Å². The quantitative estimate of drug-likeness (QED) is 0.589. The Morgan fingerprint density at radius 1 is 1.40 bits per heavy atom. The third-order valence-electron chi connectivity index (χ3n) is 1.43. The molecule has 0 aliphatic heterocycles. The largest absolute Gasteiger partial charge is 0.207 e. The summed E-state index contributed by atoms with van der Waals surface area (Å²) >= 11 is 0. The minimum Gasteiger partial charge on any atom is -0.207 e. The smallest absolute Gasteiger partial charge is 0.123 e. The summed E-state index contributed by atoms with van der Waals surface area (Å²) in [5, 5.41) is 0. The SMILES string of the molecule is CCCc1cccc(F)c1.